The maximum absolute atomic E-state index is 13.4. The molecule has 1 amide bonds. The Morgan fingerprint density at radius 2 is 1.94 bits per heavy atom. The van der Waals surface area contributed by atoms with Gasteiger partial charge in [-0.3, -0.25) is 18.9 Å². The van der Waals surface area contributed by atoms with Crippen LogP contribution in [-0.2, 0) is 6.42 Å². The van der Waals surface area contributed by atoms with Crippen LogP contribution in [0.5, 0.6) is 0 Å². The van der Waals surface area contributed by atoms with Crippen LogP contribution in [0.1, 0.15) is 41.1 Å². The number of aromatic amines is 1. The number of aryl methyl sites for hydroxylation is 1. The van der Waals surface area contributed by atoms with Crippen molar-refractivity contribution in [2.24, 2.45) is 0 Å². The Morgan fingerprint density at radius 1 is 1.12 bits per heavy atom. The number of benzene rings is 2. The molecule has 1 saturated heterocycles. The second-order valence-electron chi connectivity index (χ2n) is 8.37. The monoisotopic (exact) mass is 430 g/mol. The highest BCUT2D eigenvalue weighted by Crippen LogP contribution is 2.25. The van der Waals surface area contributed by atoms with Gasteiger partial charge in [-0.05, 0) is 37.2 Å². The van der Waals surface area contributed by atoms with E-state index < -0.39 is 0 Å². The van der Waals surface area contributed by atoms with E-state index in [0.717, 1.165) is 30.7 Å². The van der Waals surface area contributed by atoms with E-state index in [-0.39, 0.29) is 23.2 Å². The van der Waals surface area contributed by atoms with Crippen molar-refractivity contribution in [3.8, 4) is 0 Å². The average Bonchev–Trinajstić information content (AvgIpc) is 3.24. The number of hydrogen-bond acceptors (Lipinski definition) is 5. The van der Waals surface area contributed by atoms with Gasteiger partial charge in [0.05, 0.1) is 17.1 Å². The molecule has 1 aliphatic rings. The Hall–Kier alpha value is -3.52. The molecule has 1 unspecified atom stereocenters. The number of H-pyrrole nitrogens is 1. The molecule has 1 aliphatic heterocycles. The summed E-state index contributed by atoms with van der Waals surface area (Å²) in [7, 11) is 2.10. The Kier molecular flexibility index (Phi) is 5.22. The summed E-state index contributed by atoms with van der Waals surface area (Å²) >= 11 is 0. The van der Waals surface area contributed by atoms with Crippen LogP contribution in [0.4, 0.5) is 0 Å². The lowest BCUT2D eigenvalue weighted by molar-refractivity contribution is 0.0546. The maximum Gasteiger partial charge on any atom is 0.294 e. The van der Waals surface area contributed by atoms with E-state index >= 15 is 0 Å². The van der Waals surface area contributed by atoms with Gasteiger partial charge >= 0.3 is 0 Å². The van der Waals surface area contributed by atoms with Crippen molar-refractivity contribution in [3.63, 3.8) is 0 Å². The molecule has 2 aromatic carbocycles. The number of nitrogens with zero attached hydrogens (tertiary/aromatic N) is 5. The van der Waals surface area contributed by atoms with E-state index in [1.807, 2.05) is 35.2 Å². The molecule has 32 heavy (non-hydrogen) atoms. The van der Waals surface area contributed by atoms with E-state index in [1.165, 1.54) is 5.56 Å². The number of aromatic nitrogens is 4. The van der Waals surface area contributed by atoms with Crippen molar-refractivity contribution in [1.29, 1.82) is 0 Å². The first kappa shape index (κ1) is 20.4. The molecule has 1 atom stereocenters. The number of carbonyl (C=O) groups is 1. The summed E-state index contributed by atoms with van der Waals surface area (Å²) in [6.07, 6.45) is 1.63. The van der Waals surface area contributed by atoms with Gasteiger partial charge in [-0.15, -0.1) is 10.2 Å². The Bertz CT molecular complexity index is 1340. The zero-order valence-electron chi connectivity index (χ0n) is 18.3. The molecule has 3 heterocycles. The molecule has 1 fully saturated rings. The largest absolute Gasteiger partial charge is 0.335 e. The normalized spacial score (nSPS) is 17.3. The van der Waals surface area contributed by atoms with Crippen molar-refractivity contribution in [3.05, 3.63) is 75.8 Å². The zero-order chi connectivity index (χ0) is 22.2. The summed E-state index contributed by atoms with van der Waals surface area (Å²) in [5, 5.41) is 8.24. The van der Waals surface area contributed by atoms with Gasteiger partial charge in [-0.2, -0.15) is 0 Å². The number of amides is 1. The van der Waals surface area contributed by atoms with Gasteiger partial charge in [-0.25, -0.2) is 0 Å². The Balaban J connectivity index is 1.49. The topological polar surface area (TPSA) is 86.6 Å². The number of carbonyl (C=O) groups excluding carboxylic acids is 1. The van der Waals surface area contributed by atoms with Crippen LogP contribution >= 0.6 is 0 Å². The van der Waals surface area contributed by atoms with Crippen molar-refractivity contribution >= 4 is 22.6 Å². The van der Waals surface area contributed by atoms with Crippen molar-refractivity contribution in [2.45, 2.75) is 25.8 Å². The van der Waals surface area contributed by atoms with E-state index in [9.17, 15) is 9.59 Å². The standard InChI is InChI=1S/C24H26N6O2/c1-3-7-21-26-27-22-23(31)25-18-14-17(10-11-19(18)30(21)22)24(32)29-13-12-28(2)20(15-29)16-8-5-4-6-9-16/h4-6,8-11,14,20H,3,7,12-13,15H2,1-2H3,(H,25,31). The number of nitrogens with one attached hydrogen (secondary N) is 1. The van der Waals surface area contributed by atoms with Crippen LogP contribution < -0.4 is 5.56 Å². The molecule has 0 bridgehead atoms. The maximum atomic E-state index is 13.4. The highest BCUT2D eigenvalue weighted by atomic mass is 16.2. The molecule has 1 N–H and O–H groups in total. The Morgan fingerprint density at radius 3 is 2.72 bits per heavy atom. The first-order valence-corrected chi connectivity index (χ1v) is 11.0. The van der Waals surface area contributed by atoms with E-state index in [1.54, 1.807) is 10.5 Å². The molecule has 4 aromatic rings. The minimum absolute atomic E-state index is 0.0283. The summed E-state index contributed by atoms with van der Waals surface area (Å²) in [6.45, 7) is 4.15. The molecule has 5 rings (SSSR count). The number of piperazine rings is 1. The molecule has 0 saturated carbocycles. The number of likely N-dealkylation sites (N-methyl/N-ethyl adjacent to an activating group) is 1. The third kappa shape index (κ3) is 3.46. The predicted molar refractivity (Wildman–Crippen MR) is 123 cm³/mol. The minimum Gasteiger partial charge on any atom is -0.335 e. The van der Waals surface area contributed by atoms with Gasteiger partial charge in [0.1, 0.15) is 5.82 Å². The van der Waals surface area contributed by atoms with Gasteiger partial charge in [0.25, 0.3) is 11.5 Å². The van der Waals surface area contributed by atoms with Crippen molar-refractivity contribution in [2.75, 3.05) is 26.7 Å². The molecule has 2 aromatic heterocycles. The first-order valence-electron chi connectivity index (χ1n) is 11.0. The molecule has 8 nitrogen and oxygen atoms in total. The average molecular weight is 431 g/mol. The highest BCUT2D eigenvalue weighted by Gasteiger charge is 2.29. The number of rotatable bonds is 4. The van der Waals surface area contributed by atoms with Crippen LogP contribution in [0.3, 0.4) is 0 Å². The van der Waals surface area contributed by atoms with Gasteiger partial charge in [-0.1, -0.05) is 37.3 Å². The highest BCUT2D eigenvalue weighted by molar-refractivity contribution is 5.97. The first-order chi connectivity index (χ1) is 15.6. The molecule has 0 spiro atoms. The van der Waals surface area contributed by atoms with Crippen molar-refractivity contribution in [1.82, 2.24) is 29.4 Å². The lowest BCUT2D eigenvalue weighted by Gasteiger charge is -2.39. The third-order valence-corrected chi connectivity index (χ3v) is 6.26. The summed E-state index contributed by atoms with van der Waals surface area (Å²) in [6, 6.07) is 15.9. The molecule has 164 valence electrons. The van der Waals surface area contributed by atoms with E-state index in [2.05, 4.69) is 46.2 Å². The zero-order valence-corrected chi connectivity index (χ0v) is 18.3. The number of fused-ring (bicyclic) bond motifs is 3. The van der Waals surface area contributed by atoms with Gasteiger partial charge in [0.2, 0.25) is 5.65 Å². The number of hydrogen-bond donors (Lipinski definition) is 1. The second kappa shape index (κ2) is 8.20. The summed E-state index contributed by atoms with van der Waals surface area (Å²) in [4.78, 5) is 33.0. The lowest BCUT2D eigenvalue weighted by atomic mass is 10.0. The molecule has 8 heteroatoms. The SMILES string of the molecule is CCCc1nnc2c(=O)[nH]c3cc(C(=O)N4CCN(C)C(c5ccccc5)C4)ccc3n12. The Labute approximate surface area is 185 Å². The fourth-order valence-corrected chi connectivity index (χ4v) is 4.52. The molecule has 0 aliphatic carbocycles. The predicted octanol–water partition coefficient (Wildman–Crippen LogP) is 2.65. The van der Waals surface area contributed by atoms with Crippen molar-refractivity contribution < 1.29 is 4.79 Å². The smallest absolute Gasteiger partial charge is 0.294 e. The van der Waals surface area contributed by atoms with E-state index in [4.69, 9.17) is 0 Å². The minimum atomic E-state index is -0.305. The van der Waals surface area contributed by atoms with Crippen LogP contribution in [0.25, 0.3) is 16.7 Å². The quantitative estimate of drug-likeness (QED) is 0.538. The third-order valence-electron chi connectivity index (χ3n) is 6.26. The molecular weight excluding hydrogens is 404 g/mol. The van der Waals surface area contributed by atoms with Crippen LogP contribution in [0, 0.1) is 0 Å². The van der Waals surface area contributed by atoms with Gasteiger partial charge in [0.15, 0.2) is 0 Å². The fraction of sp³-hybridized carbons (Fsp3) is 0.333. The van der Waals surface area contributed by atoms with Gasteiger partial charge < -0.3 is 9.88 Å². The van der Waals surface area contributed by atoms with Crippen LogP contribution in [-0.4, -0.2) is 62.0 Å². The summed E-state index contributed by atoms with van der Waals surface area (Å²) < 4.78 is 1.80. The van der Waals surface area contributed by atoms with Gasteiger partial charge in [0, 0.05) is 31.6 Å². The van der Waals surface area contributed by atoms with Crippen LogP contribution in [0.2, 0.25) is 0 Å². The molecular formula is C24H26N6O2. The molecule has 0 radical (unpaired) electrons. The van der Waals surface area contributed by atoms with Crippen LogP contribution in [0.15, 0.2) is 53.3 Å². The summed E-state index contributed by atoms with van der Waals surface area (Å²) in [5.41, 5.74) is 3.15. The second-order valence-corrected chi connectivity index (χ2v) is 8.37. The lowest BCUT2D eigenvalue weighted by Crippen LogP contribution is -2.49. The fourth-order valence-electron chi connectivity index (χ4n) is 4.52. The van der Waals surface area contributed by atoms with E-state index in [0.29, 0.717) is 24.2 Å². The summed E-state index contributed by atoms with van der Waals surface area (Å²) in [5.74, 6) is 0.724.